The molecular weight excluding hydrogens is 190 g/mol. The zero-order valence-electron chi connectivity index (χ0n) is 9.04. The first-order chi connectivity index (χ1) is 7.31. The van der Waals surface area contributed by atoms with Crippen LogP contribution in [0.4, 0.5) is 0 Å². The second-order valence-corrected chi connectivity index (χ2v) is 3.52. The summed E-state index contributed by atoms with van der Waals surface area (Å²) in [5.74, 6) is 0.891. The fourth-order valence-electron chi connectivity index (χ4n) is 1.57. The second kappa shape index (κ2) is 4.36. The molecule has 0 amide bonds. The average Bonchev–Trinajstić information content (AvgIpc) is 2.61. The molecule has 1 aromatic heterocycles. The summed E-state index contributed by atoms with van der Waals surface area (Å²) in [6.45, 7) is 3.29. The summed E-state index contributed by atoms with van der Waals surface area (Å²) in [6.07, 6.45) is 2.00. The largest absolute Gasteiger partial charge is 0.491 e. The van der Waals surface area contributed by atoms with E-state index in [4.69, 9.17) is 9.47 Å². The van der Waals surface area contributed by atoms with Gasteiger partial charge in [0.2, 0.25) is 0 Å². The first-order valence-corrected chi connectivity index (χ1v) is 5.01. The molecule has 80 valence electrons. The molecule has 1 heterocycles. The van der Waals surface area contributed by atoms with Crippen LogP contribution in [-0.4, -0.2) is 25.3 Å². The van der Waals surface area contributed by atoms with Crippen LogP contribution in [0.2, 0.25) is 0 Å². The SMILES string of the molecule is COCCOc1ccc2[nH]cc(C)c2c1. The lowest BCUT2D eigenvalue weighted by Crippen LogP contribution is -2.03. The molecule has 0 radical (unpaired) electrons. The van der Waals surface area contributed by atoms with Crippen LogP contribution in [0.15, 0.2) is 24.4 Å². The molecule has 0 atom stereocenters. The summed E-state index contributed by atoms with van der Waals surface area (Å²) in [6, 6.07) is 6.05. The Balaban J connectivity index is 2.18. The third kappa shape index (κ3) is 2.13. The van der Waals surface area contributed by atoms with Crippen molar-refractivity contribution in [3.8, 4) is 5.75 Å². The fraction of sp³-hybridized carbons (Fsp3) is 0.333. The summed E-state index contributed by atoms with van der Waals surface area (Å²) < 4.78 is 10.5. The minimum atomic E-state index is 0.589. The Labute approximate surface area is 89.0 Å². The molecule has 2 rings (SSSR count). The van der Waals surface area contributed by atoms with Gasteiger partial charge in [-0.3, -0.25) is 0 Å². The van der Waals surface area contributed by atoms with Crippen molar-refractivity contribution in [3.05, 3.63) is 30.0 Å². The number of aromatic nitrogens is 1. The van der Waals surface area contributed by atoms with E-state index in [0.717, 1.165) is 11.3 Å². The zero-order valence-corrected chi connectivity index (χ0v) is 9.04. The van der Waals surface area contributed by atoms with Crippen molar-refractivity contribution >= 4 is 10.9 Å². The maximum absolute atomic E-state index is 5.54. The predicted molar refractivity (Wildman–Crippen MR) is 60.4 cm³/mol. The Morgan fingerprint density at radius 3 is 2.93 bits per heavy atom. The van der Waals surface area contributed by atoms with E-state index < -0.39 is 0 Å². The highest BCUT2D eigenvalue weighted by molar-refractivity contribution is 5.84. The van der Waals surface area contributed by atoms with Crippen molar-refractivity contribution < 1.29 is 9.47 Å². The van der Waals surface area contributed by atoms with Gasteiger partial charge in [0.25, 0.3) is 0 Å². The number of hydrogen-bond acceptors (Lipinski definition) is 2. The molecule has 0 spiro atoms. The number of hydrogen-bond donors (Lipinski definition) is 1. The van der Waals surface area contributed by atoms with E-state index in [-0.39, 0.29) is 0 Å². The van der Waals surface area contributed by atoms with E-state index in [1.54, 1.807) is 7.11 Å². The standard InChI is InChI=1S/C12H15NO2/c1-9-8-13-12-4-3-10(7-11(9)12)15-6-5-14-2/h3-4,7-8,13H,5-6H2,1-2H3. The summed E-state index contributed by atoms with van der Waals surface area (Å²) >= 11 is 0. The van der Waals surface area contributed by atoms with Crippen molar-refractivity contribution in [2.24, 2.45) is 0 Å². The summed E-state index contributed by atoms with van der Waals surface area (Å²) in [7, 11) is 1.67. The second-order valence-electron chi connectivity index (χ2n) is 3.52. The van der Waals surface area contributed by atoms with Crippen molar-refractivity contribution in [1.82, 2.24) is 4.98 Å². The minimum Gasteiger partial charge on any atom is -0.491 e. The third-order valence-corrected chi connectivity index (χ3v) is 2.42. The van der Waals surface area contributed by atoms with Gasteiger partial charge in [0.05, 0.1) is 6.61 Å². The van der Waals surface area contributed by atoms with E-state index in [0.29, 0.717) is 13.2 Å². The van der Waals surface area contributed by atoms with Crippen LogP contribution in [0, 0.1) is 6.92 Å². The van der Waals surface area contributed by atoms with Gasteiger partial charge < -0.3 is 14.5 Å². The van der Waals surface area contributed by atoms with E-state index >= 15 is 0 Å². The van der Waals surface area contributed by atoms with Crippen LogP contribution in [0.5, 0.6) is 5.75 Å². The Morgan fingerprint density at radius 1 is 1.27 bits per heavy atom. The summed E-state index contributed by atoms with van der Waals surface area (Å²) in [5.41, 5.74) is 2.38. The Kier molecular flexibility index (Phi) is 2.92. The highest BCUT2D eigenvalue weighted by Crippen LogP contribution is 2.22. The molecule has 0 unspecified atom stereocenters. The van der Waals surface area contributed by atoms with Crippen LogP contribution >= 0.6 is 0 Å². The highest BCUT2D eigenvalue weighted by atomic mass is 16.5. The van der Waals surface area contributed by atoms with Crippen molar-refractivity contribution in [2.75, 3.05) is 20.3 Å². The van der Waals surface area contributed by atoms with Gasteiger partial charge in [0.15, 0.2) is 0 Å². The van der Waals surface area contributed by atoms with Crippen molar-refractivity contribution in [3.63, 3.8) is 0 Å². The first-order valence-electron chi connectivity index (χ1n) is 5.01. The average molecular weight is 205 g/mol. The normalized spacial score (nSPS) is 10.8. The maximum atomic E-state index is 5.54. The lowest BCUT2D eigenvalue weighted by atomic mass is 10.2. The van der Waals surface area contributed by atoms with E-state index in [1.165, 1.54) is 10.9 Å². The van der Waals surface area contributed by atoms with Gasteiger partial charge in [-0.1, -0.05) is 0 Å². The number of rotatable bonds is 4. The smallest absolute Gasteiger partial charge is 0.120 e. The van der Waals surface area contributed by atoms with Crippen LogP contribution < -0.4 is 4.74 Å². The van der Waals surface area contributed by atoms with Gasteiger partial charge >= 0.3 is 0 Å². The van der Waals surface area contributed by atoms with Crippen LogP contribution in [0.25, 0.3) is 10.9 Å². The number of ether oxygens (including phenoxy) is 2. The molecule has 1 aromatic carbocycles. The molecule has 0 saturated carbocycles. The quantitative estimate of drug-likeness (QED) is 0.778. The van der Waals surface area contributed by atoms with E-state index in [1.807, 2.05) is 18.3 Å². The molecule has 15 heavy (non-hydrogen) atoms. The van der Waals surface area contributed by atoms with Crippen LogP contribution in [0.1, 0.15) is 5.56 Å². The number of fused-ring (bicyclic) bond motifs is 1. The fourth-order valence-corrected chi connectivity index (χ4v) is 1.57. The van der Waals surface area contributed by atoms with Gasteiger partial charge in [-0.15, -0.1) is 0 Å². The summed E-state index contributed by atoms with van der Waals surface area (Å²) in [4.78, 5) is 3.20. The number of aromatic amines is 1. The number of nitrogens with one attached hydrogen (secondary N) is 1. The maximum Gasteiger partial charge on any atom is 0.120 e. The molecule has 3 heteroatoms. The Bertz CT molecular complexity index is 448. The molecule has 2 aromatic rings. The van der Waals surface area contributed by atoms with Crippen molar-refractivity contribution in [2.45, 2.75) is 6.92 Å². The Hall–Kier alpha value is -1.48. The van der Waals surface area contributed by atoms with Gasteiger partial charge in [0.1, 0.15) is 12.4 Å². The molecule has 0 aliphatic rings. The molecule has 0 aliphatic carbocycles. The van der Waals surface area contributed by atoms with Gasteiger partial charge in [0, 0.05) is 24.2 Å². The molecule has 3 nitrogen and oxygen atoms in total. The lowest BCUT2D eigenvalue weighted by Gasteiger charge is -2.05. The number of aryl methyl sites for hydroxylation is 1. The minimum absolute atomic E-state index is 0.589. The van der Waals surface area contributed by atoms with Gasteiger partial charge in [-0.2, -0.15) is 0 Å². The van der Waals surface area contributed by atoms with Gasteiger partial charge in [-0.25, -0.2) is 0 Å². The van der Waals surface area contributed by atoms with E-state index in [2.05, 4.69) is 18.0 Å². The summed E-state index contributed by atoms with van der Waals surface area (Å²) in [5, 5.41) is 1.21. The highest BCUT2D eigenvalue weighted by Gasteiger charge is 2.01. The zero-order chi connectivity index (χ0) is 10.7. The molecule has 0 fully saturated rings. The lowest BCUT2D eigenvalue weighted by molar-refractivity contribution is 0.146. The molecule has 0 aliphatic heterocycles. The van der Waals surface area contributed by atoms with Crippen LogP contribution in [0.3, 0.4) is 0 Å². The molecular formula is C12H15NO2. The molecule has 1 N–H and O–H groups in total. The van der Waals surface area contributed by atoms with Gasteiger partial charge in [-0.05, 0) is 30.7 Å². The molecule has 0 bridgehead atoms. The van der Waals surface area contributed by atoms with Crippen LogP contribution in [-0.2, 0) is 4.74 Å². The van der Waals surface area contributed by atoms with Crippen molar-refractivity contribution in [1.29, 1.82) is 0 Å². The number of benzene rings is 1. The number of H-pyrrole nitrogens is 1. The van der Waals surface area contributed by atoms with E-state index in [9.17, 15) is 0 Å². The molecule has 0 saturated heterocycles. The number of methoxy groups -OCH3 is 1. The monoisotopic (exact) mass is 205 g/mol. The first kappa shape index (κ1) is 10.1. The topological polar surface area (TPSA) is 34.2 Å². The third-order valence-electron chi connectivity index (χ3n) is 2.42. The Morgan fingerprint density at radius 2 is 2.13 bits per heavy atom. The predicted octanol–water partition coefficient (Wildman–Crippen LogP) is 2.50.